The number of carbonyl (C=O) groups is 2. The van der Waals surface area contributed by atoms with Crippen LogP contribution in [0.5, 0.6) is 0 Å². The maximum atomic E-state index is 12.5. The van der Waals surface area contributed by atoms with Gasteiger partial charge in [0.2, 0.25) is 11.8 Å². The predicted molar refractivity (Wildman–Crippen MR) is 86.7 cm³/mol. The molecule has 5 heteroatoms. The number of hydrogen-bond donors (Lipinski definition) is 1. The summed E-state index contributed by atoms with van der Waals surface area (Å²) in [6.45, 7) is 4.68. The van der Waals surface area contributed by atoms with Gasteiger partial charge in [0, 0.05) is 32.0 Å². The van der Waals surface area contributed by atoms with E-state index in [1.165, 1.54) is 5.56 Å². The summed E-state index contributed by atoms with van der Waals surface area (Å²) < 4.78 is 5.33. The third kappa shape index (κ3) is 3.91. The van der Waals surface area contributed by atoms with Crippen LogP contribution < -0.4 is 5.32 Å². The molecule has 0 aliphatic carbocycles. The number of benzene rings is 1. The minimum atomic E-state index is -0.342. The first-order chi connectivity index (χ1) is 11.1. The molecule has 0 bridgehead atoms. The fourth-order valence-electron chi connectivity index (χ4n) is 3.20. The van der Waals surface area contributed by atoms with Crippen LogP contribution in [0, 0.1) is 12.8 Å². The van der Waals surface area contributed by atoms with Crippen molar-refractivity contribution in [3.8, 4) is 0 Å². The number of nitrogens with one attached hydrogen (secondary N) is 1. The van der Waals surface area contributed by atoms with Gasteiger partial charge in [-0.2, -0.15) is 0 Å². The molecule has 2 amide bonds. The molecule has 0 unspecified atom stereocenters. The maximum absolute atomic E-state index is 12.5. The molecule has 2 fully saturated rings. The van der Waals surface area contributed by atoms with Crippen molar-refractivity contribution >= 4 is 11.8 Å². The second-order valence-corrected chi connectivity index (χ2v) is 6.54. The Balaban J connectivity index is 1.59. The number of amides is 2. The van der Waals surface area contributed by atoms with E-state index in [2.05, 4.69) is 5.32 Å². The lowest BCUT2D eigenvalue weighted by molar-refractivity contribution is -0.135. The van der Waals surface area contributed by atoms with Gasteiger partial charge < -0.3 is 15.0 Å². The van der Waals surface area contributed by atoms with E-state index in [0.29, 0.717) is 31.8 Å². The summed E-state index contributed by atoms with van der Waals surface area (Å²) in [5.74, 6) is 0.436. The van der Waals surface area contributed by atoms with Gasteiger partial charge >= 0.3 is 0 Å². The Hall–Kier alpha value is -1.88. The van der Waals surface area contributed by atoms with Crippen LogP contribution in [0.1, 0.15) is 30.4 Å². The van der Waals surface area contributed by atoms with Gasteiger partial charge in [-0.1, -0.05) is 29.8 Å². The van der Waals surface area contributed by atoms with Gasteiger partial charge in [-0.3, -0.25) is 9.59 Å². The summed E-state index contributed by atoms with van der Waals surface area (Å²) in [6.07, 6.45) is 2.06. The summed E-state index contributed by atoms with van der Waals surface area (Å²) in [5, 5.41) is 3.00. The van der Waals surface area contributed by atoms with E-state index in [4.69, 9.17) is 4.74 Å². The lowest BCUT2D eigenvalue weighted by Gasteiger charge is -2.24. The average molecular weight is 316 g/mol. The van der Waals surface area contributed by atoms with Gasteiger partial charge in [0.15, 0.2) is 0 Å². The molecule has 3 rings (SSSR count). The van der Waals surface area contributed by atoms with Gasteiger partial charge in [0.05, 0.1) is 6.61 Å². The molecule has 1 aromatic rings. The maximum Gasteiger partial charge on any atom is 0.242 e. The van der Waals surface area contributed by atoms with E-state index in [-0.39, 0.29) is 17.9 Å². The second kappa shape index (κ2) is 7.13. The zero-order valence-electron chi connectivity index (χ0n) is 13.6. The predicted octanol–water partition coefficient (Wildman–Crippen LogP) is 1.64. The molecule has 0 saturated carbocycles. The Labute approximate surface area is 137 Å². The van der Waals surface area contributed by atoms with Crippen LogP contribution in [0.15, 0.2) is 24.3 Å². The van der Waals surface area contributed by atoms with Crippen molar-refractivity contribution in [2.75, 3.05) is 19.8 Å². The molecule has 0 aromatic heterocycles. The topological polar surface area (TPSA) is 58.6 Å². The Morgan fingerprint density at radius 2 is 2.09 bits per heavy atom. The van der Waals surface area contributed by atoms with Crippen molar-refractivity contribution in [1.82, 2.24) is 10.2 Å². The van der Waals surface area contributed by atoms with E-state index in [0.717, 1.165) is 25.2 Å². The lowest BCUT2D eigenvalue weighted by Crippen LogP contribution is -2.45. The Kier molecular flexibility index (Phi) is 4.96. The highest BCUT2D eigenvalue weighted by molar-refractivity contribution is 5.90. The molecule has 0 radical (unpaired) electrons. The van der Waals surface area contributed by atoms with Crippen LogP contribution >= 0.6 is 0 Å². The Morgan fingerprint density at radius 3 is 2.78 bits per heavy atom. The zero-order valence-corrected chi connectivity index (χ0v) is 13.6. The van der Waals surface area contributed by atoms with Crippen LogP contribution in [0.25, 0.3) is 0 Å². The molecule has 2 saturated heterocycles. The van der Waals surface area contributed by atoms with E-state index in [1.54, 1.807) is 4.90 Å². The first kappa shape index (κ1) is 16.0. The SMILES string of the molecule is Cc1ccc(CN2C(=O)CC[C@@H]2C(=O)NC[C@@H]2CCOC2)cc1. The van der Waals surface area contributed by atoms with Crippen molar-refractivity contribution in [3.05, 3.63) is 35.4 Å². The largest absolute Gasteiger partial charge is 0.381 e. The number of hydrogen-bond acceptors (Lipinski definition) is 3. The molecule has 5 nitrogen and oxygen atoms in total. The third-order valence-electron chi connectivity index (χ3n) is 4.69. The highest BCUT2D eigenvalue weighted by atomic mass is 16.5. The van der Waals surface area contributed by atoms with E-state index >= 15 is 0 Å². The standard InChI is InChI=1S/C18H24N2O3/c1-13-2-4-14(5-3-13)11-20-16(6-7-17(20)21)18(22)19-10-15-8-9-23-12-15/h2-5,15-16H,6-12H2,1H3,(H,19,22)/t15-,16+/m0/s1. The van der Waals surface area contributed by atoms with Gasteiger partial charge in [0.25, 0.3) is 0 Å². The molecular weight excluding hydrogens is 292 g/mol. The molecule has 2 aliphatic heterocycles. The highest BCUT2D eigenvalue weighted by Crippen LogP contribution is 2.22. The number of aryl methyl sites for hydroxylation is 1. The fraction of sp³-hybridized carbons (Fsp3) is 0.556. The van der Waals surface area contributed by atoms with Gasteiger partial charge in [-0.05, 0) is 25.3 Å². The van der Waals surface area contributed by atoms with Crippen molar-refractivity contribution < 1.29 is 14.3 Å². The van der Waals surface area contributed by atoms with Gasteiger partial charge in [0.1, 0.15) is 6.04 Å². The molecule has 2 aliphatic rings. The molecule has 1 aromatic carbocycles. The summed E-state index contributed by atoms with van der Waals surface area (Å²) in [7, 11) is 0. The molecule has 2 atom stereocenters. The smallest absolute Gasteiger partial charge is 0.242 e. The third-order valence-corrected chi connectivity index (χ3v) is 4.69. The van der Waals surface area contributed by atoms with Crippen molar-refractivity contribution in [3.63, 3.8) is 0 Å². The molecule has 2 heterocycles. The second-order valence-electron chi connectivity index (χ2n) is 6.54. The quantitative estimate of drug-likeness (QED) is 0.898. The van der Waals surface area contributed by atoms with E-state index in [1.807, 2.05) is 31.2 Å². The highest BCUT2D eigenvalue weighted by Gasteiger charge is 2.36. The van der Waals surface area contributed by atoms with Crippen LogP contribution in [0.3, 0.4) is 0 Å². The summed E-state index contributed by atoms with van der Waals surface area (Å²) in [4.78, 5) is 26.3. The minimum Gasteiger partial charge on any atom is -0.381 e. The Morgan fingerprint density at radius 1 is 1.30 bits per heavy atom. The van der Waals surface area contributed by atoms with Crippen LogP contribution in [-0.4, -0.2) is 42.5 Å². The number of nitrogens with zero attached hydrogens (tertiary/aromatic N) is 1. The molecule has 23 heavy (non-hydrogen) atoms. The number of rotatable bonds is 5. The van der Waals surface area contributed by atoms with Crippen LogP contribution in [0.4, 0.5) is 0 Å². The molecule has 0 spiro atoms. The monoisotopic (exact) mass is 316 g/mol. The first-order valence-electron chi connectivity index (χ1n) is 8.34. The van der Waals surface area contributed by atoms with E-state index < -0.39 is 0 Å². The summed E-state index contributed by atoms with van der Waals surface area (Å²) in [5.41, 5.74) is 2.25. The van der Waals surface area contributed by atoms with Gasteiger partial charge in [-0.15, -0.1) is 0 Å². The first-order valence-corrected chi connectivity index (χ1v) is 8.34. The van der Waals surface area contributed by atoms with Crippen molar-refractivity contribution in [2.45, 2.75) is 38.8 Å². The van der Waals surface area contributed by atoms with Gasteiger partial charge in [-0.25, -0.2) is 0 Å². The minimum absolute atomic E-state index is 0.0325. The fourth-order valence-corrected chi connectivity index (χ4v) is 3.20. The summed E-state index contributed by atoms with van der Waals surface area (Å²) >= 11 is 0. The van der Waals surface area contributed by atoms with Crippen molar-refractivity contribution in [1.29, 1.82) is 0 Å². The lowest BCUT2D eigenvalue weighted by atomic mass is 10.1. The van der Waals surface area contributed by atoms with Crippen molar-refractivity contribution in [2.24, 2.45) is 5.92 Å². The van der Waals surface area contributed by atoms with Crippen LogP contribution in [0.2, 0.25) is 0 Å². The zero-order chi connectivity index (χ0) is 16.2. The number of likely N-dealkylation sites (tertiary alicyclic amines) is 1. The average Bonchev–Trinajstić information content (AvgIpc) is 3.18. The normalized spacial score (nSPS) is 24.2. The molecular formula is C18H24N2O3. The molecule has 1 N–H and O–H groups in total. The Bertz CT molecular complexity index is 564. The molecule has 124 valence electrons. The summed E-state index contributed by atoms with van der Waals surface area (Å²) in [6, 6.07) is 7.76. The number of carbonyl (C=O) groups excluding carboxylic acids is 2. The van der Waals surface area contributed by atoms with E-state index in [9.17, 15) is 9.59 Å². The number of ether oxygens (including phenoxy) is 1. The van der Waals surface area contributed by atoms with Crippen LogP contribution in [-0.2, 0) is 20.9 Å².